The van der Waals surface area contributed by atoms with Crippen LogP contribution in [0.1, 0.15) is 16.1 Å². The minimum atomic E-state index is -4.52. The number of nitrogens with zero attached hydrogens (tertiary/aromatic N) is 3. The molecule has 0 N–H and O–H groups in total. The number of benzene rings is 1. The summed E-state index contributed by atoms with van der Waals surface area (Å²) < 4.78 is 57.1. The van der Waals surface area contributed by atoms with Crippen LogP contribution in [0.15, 0.2) is 53.1 Å². The van der Waals surface area contributed by atoms with E-state index in [0.29, 0.717) is 37.5 Å². The van der Waals surface area contributed by atoms with Gasteiger partial charge >= 0.3 is 6.18 Å². The molecule has 1 fully saturated rings. The minimum Gasteiger partial charge on any atom is -0.451 e. The Hall–Kier alpha value is -3.07. The molecule has 5 nitrogen and oxygen atoms in total. The number of hydrogen-bond acceptors (Lipinski definition) is 4. The molecule has 1 aliphatic heterocycles. The first-order valence-corrected chi connectivity index (χ1v) is 9.73. The molecule has 0 aliphatic carbocycles. The highest BCUT2D eigenvalue weighted by molar-refractivity contribution is 6.33. The van der Waals surface area contributed by atoms with Crippen LogP contribution in [-0.4, -0.2) is 42.0 Å². The Morgan fingerprint density at radius 2 is 1.71 bits per heavy atom. The molecule has 10 heteroatoms. The van der Waals surface area contributed by atoms with Crippen LogP contribution in [0, 0.1) is 5.82 Å². The molecule has 1 aliphatic rings. The van der Waals surface area contributed by atoms with Crippen molar-refractivity contribution in [3.63, 3.8) is 0 Å². The number of piperazine rings is 1. The number of hydrogen-bond donors (Lipinski definition) is 0. The molecule has 0 radical (unpaired) electrons. The zero-order valence-corrected chi connectivity index (χ0v) is 16.8. The molecule has 1 amide bonds. The summed E-state index contributed by atoms with van der Waals surface area (Å²) in [5.74, 6) is 0.172. The topological polar surface area (TPSA) is 49.6 Å². The number of amides is 1. The number of furan rings is 1. The fraction of sp³-hybridized carbons (Fsp3) is 0.238. The van der Waals surface area contributed by atoms with E-state index in [4.69, 9.17) is 16.0 Å². The molecule has 0 unspecified atom stereocenters. The van der Waals surface area contributed by atoms with E-state index in [9.17, 15) is 22.4 Å². The van der Waals surface area contributed by atoms with Crippen LogP contribution in [0.25, 0.3) is 11.3 Å². The normalized spacial score (nSPS) is 14.7. The predicted octanol–water partition coefficient (Wildman–Crippen LogP) is 5.12. The van der Waals surface area contributed by atoms with Crippen molar-refractivity contribution < 1.29 is 26.8 Å². The molecule has 0 saturated carbocycles. The minimum absolute atomic E-state index is 0.0930. The standard InChI is InChI=1S/C21H16ClF4N3O2/c22-16-11-14(21(24,25)26)12-27-19(16)28-7-9-29(10-8-28)20(30)18-6-5-17(31-18)13-1-3-15(23)4-2-13/h1-6,11-12H,7-10H2. The number of aromatic nitrogens is 1. The molecule has 1 aromatic carbocycles. The van der Waals surface area contributed by atoms with Gasteiger partial charge in [0.05, 0.1) is 10.6 Å². The third-order valence-electron chi connectivity index (χ3n) is 4.96. The first kappa shape index (κ1) is 21.2. The molecule has 2 aromatic heterocycles. The second-order valence-electron chi connectivity index (χ2n) is 6.98. The lowest BCUT2D eigenvalue weighted by Gasteiger charge is -2.35. The average Bonchev–Trinajstić information content (AvgIpc) is 3.23. The van der Waals surface area contributed by atoms with Crippen molar-refractivity contribution in [2.75, 3.05) is 31.1 Å². The maximum Gasteiger partial charge on any atom is 0.417 e. The molecule has 3 heterocycles. The van der Waals surface area contributed by atoms with Gasteiger partial charge in [-0.1, -0.05) is 11.6 Å². The maximum atomic E-state index is 13.1. The number of pyridine rings is 1. The number of anilines is 1. The van der Waals surface area contributed by atoms with E-state index in [1.807, 2.05) is 0 Å². The van der Waals surface area contributed by atoms with Gasteiger partial charge in [0.15, 0.2) is 5.76 Å². The van der Waals surface area contributed by atoms with E-state index in [1.54, 1.807) is 34.1 Å². The lowest BCUT2D eigenvalue weighted by Crippen LogP contribution is -2.49. The Kier molecular flexibility index (Phi) is 5.62. The molecule has 1 saturated heterocycles. The number of carbonyl (C=O) groups is 1. The number of halogens is 5. The summed E-state index contributed by atoms with van der Waals surface area (Å²) in [6.07, 6.45) is -3.77. The van der Waals surface area contributed by atoms with Gasteiger partial charge in [0.2, 0.25) is 0 Å². The number of alkyl halides is 3. The van der Waals surface area contributed by atoms with Gasteiger partial charge < -0.3 is 14.2 Å². The molecule has 0 spiro atoms. The van der Waals surface area contributed by atoms with Crippen molar-refractivity contribution in [2.24, 2.45) is 0 Å². The summed E-state index contributed by atoms with van der Waals surface area (Å²) in [5, 5.41) is -0.0930. The van der Waals surface area contributed by atoms with Gasteiger partial charge in [-0.2, -0.15) is 13.2 Å². The number of rotatable bonds is 3. The van der Waals surface area contributed by atoms with Crippen molar-refractivity contribution in [2.45, 2.75) is 6.18 Å². The quantitative estimate of drug-likeness (QED) is 0.517. The summed E-state index contributed by atoms with van der Waals surface area (Å²) in [6.45, 7) is 1.36. The van der Waals surface area contributed by atoms with Crippen LogP contribution in [0.5, 0.6) is 0 Å². The second-order valence-corrected chi connectivity index (χ2v) is 7.38. The highest BCUT2D eigenvalue weighted by Gasteiger charge is 2.32. The van der Waals surface area contributed by atoms with Crippen LogP contribution >= 0.6 is 11.6 Å². The molecule has 162 valence electrons. The van der Waals surface area contributed by atoms with Crippen molar-refractivity contribution in [1.82, 2.24) is 9.88 Å². The van der Waals surface area contributed by atoms with Crippen molar-refractivity contribution >= 4 is 23.3 Å². The van der Waals surface area contributed by atoms with Crippen LogP contribution in [0.2, 0.25) is 5.02 Å². The van der Waals surface area contributed by atoms with E-state index < -0.39 is 11.7 Å². The van der Waals surface area contributed by atoms with Crippen molar-refractivity contribution in [1.29, 1.82) is 0 Å². The highest BCUT2D eigenvalue weighted by Crippen LogP contribution is 2.34. The summed E-state index contributed by atoms with van der Waals surface area (Å²) in [7, 11) is 0. The van der Waals surface area contributed by atoms with Crippen LogP contribution in [0.3, 0.4) is 0 Å². The third kappa shape index (κ3) is 4.51. The van der Waals surface area contributed by atoms with E-state index >= 15 is 0 Å². The molecule has 31 heavy (non-hydrogen) atoms. The average molecular weight is 454 g/mol. The monoisotopic (exact) mass is 453 g/mol. The van der Waals surface area contributed by atoms with E-state index in [1.165, 1.54) is 12.1 Å². The Morgan fingerprint density at radius 3 is 2.32 bits per heavy atom. The SMILES string of the molecule is O=C(c1ccc(-c2ccc(F)cc2)o1)N1CCN(c2ncc(C(F)(F)F)cc2Cl)CC1. The van der Waals surface area contributed by atoms with Crippen LogP contribution < -0.4 is 4.90 Å². The number of carbonyl (C=O) groups excluding carboxylic acids is 1. The van der Waals surface area contributed by atoms with E-state index in [-0.39, 0.29) is 28.3 Å². The summed E-state index contributed by atoms with van der Waals surface area (Å²) in [4.78, 5) is 19.9. The Bertz CT molecular complexity index is 1090. The maximum absolute atomic E-state index is 13.1. The van der Waals surface area contributed by atoms with Crippen molar-refractivity contribution in [3.8, 4) is 11.3 Å². The van der Waals surface area contributed by atoms with Gasteiger partial charge in [0.25, 0.3) is 5.91 Å². The van der Waals surface area contributed by atoms with Crippen LogP contribution in [-0.2, 0) is 6.18 Å². The summed E-state index contributed by atoms with van der Waals surface area (Å²) in [5.41, 5.74) is -0.266. The molecule has 0 atom stereocenters. The second kappa shape index (κ2) is 8.22. The van der Waals surface area contributed by atoms with Gasteiger partial charge in [-0.25, -0.2) is 9.37 Å². The first-order valence-electron chi connectivity index (χ1n) is 9.35. The Labute approximate surface area is 179 Å². The molecule has 0 bridgehead atoms. The highest BCUT2D eigenvalue weighted by atomic mass is 35.5. The molecule has 4 rings (SSSR count). The summed E-state index contributed by atoms with van der Waals surface area (Å²) >= 11 is 6.01. The van der Waals surface area contributed by atoms with Gasteiger partial charge in [-0.3, -0.25) is 4.79 Å². The Balaban J connectivity index is 1.41. The smallest absolute Gasteiger partial charge is 0.417 e. The van der Waals surface area contributed by atoms with Crippen LogP contribution in [0.4, 0.5) is 23.4 Å². The third-order valence-corrected chi connectivity index (χ3v) is 5.24. The lowest BCUT2D eigenvalue weighted by molar-refractivity contribution is -0.137. The van der Waals surface area contributed by atoms with Gasteiger partial charge in [0, 0.05) is 37.9 Å². The van der Waals surface area contributed by atoms with Gasteiger partial charge in [-0.15, -0.1) is 0 Å². The predicted molar refractivity (Wildman–Crippen MR) is 106 cm³/mol. The summed E-state index contributed by atoms with van der Waals surface area (Å²) in [6, 6.07) is 9.77. The molecular weight excluding hydrogens is 438 g/mol. The fourth-order valence-corrected chi connectivity index (χ4v) is 3.60. The largest absolute Gasteiger partial charge is 0.451 e. The zero-order valence-electron chi connectivity index (χ0n) is 16.0. The Morgan fingerprint density at radius 1 is 1.03 bits per heavy atom. The first-order chi connectivity index (χ1) is 14.7. The van der Waals surface area contributed by atoms with Gasteiger partial charge in [-0.05, 0) is 42.5 Å². The van der Waals surface area contributed by atoms with Gasteiger partial charge in [0.1, 0.15) is 17.4 Å². The van der Waals surface area contributed by atoms with E-state index in [0.717, 1.165) is 12.3 Å². The lowest BCUT2D eigenvalue weighted by atomic mass is 10.2. The zero-order chi connectivity index (χ0) is 22.2. The fourth-order valence-electron chi connectivity index (χ4n) is 3.32. The van der Waals surface area contributed by atoms with Crippen molar-refractivity contribution in [3.05, 3.63) is 70.8 Å². The molecule has 3 aromatic rings. The molecular formula is C21H16ClF4N3O2. The van der Waals surface area contributed by atoms with E-state index in [2.05, 4.69) is 4.98 Å².